The van der Waals surface area contributed by atoms with Gasteiger partial charge in [0.2, 0.25) is 5.91 Å². The number of amides is 2. The largest absolute Gasteiger partial charge is 0.446 e. The number of nitrogens with zero attached hydrogens (tertiary/aromatic N) is 1. The topological polar surface area (TPSA) is 58.6 Å². The first-order chi connectivity index (χ1) is 18.7. The van der Waals surface area contributed by atoms with Crippen molar-refractivity contribution in [2.24, 2.45) is 0 Å². The van der Waals surface area contributed by atoms with Gasteiger partial charge in [-0.3, -0.25) is 9.69 Å². The van der Waals surface area contributed by atoms with Crippen molar-refractivity contribution in [1.82, 2.24) is 5.32 Å². The summed E-state index contributed by atoms with van der Waals surface area (Å²) in [5, 5.41) is 2.38. The van der Waals surface area contributed by atoms with Crippen molar-refractivity contribution in [3.8, 4) is 0 Å². The Morgan fingerprint density at radius 1 is 0.902 bits per heavy atom. The standard InChI is InChI=1S/C27H27F9N2O3/c1-13(2)41-24(40)38-14(3)7-20(21-11-17(25(28,29)30)5-6-23(21)38)22(12-37-15(4)39)16-8-18(26(31,32)33)10-19(9-16)27(34,35)36/h5-6,8-11,13-14,20,22H,7,12H2,1-4H3,(H,37,39)/t14-,20+,22-/m1/s1. The Hall–Kier alpha value is -3.45. The summed E-state index contributed by atoms with van der Waals surface area (Å²) < 4.78 is 128. The molecular weight excluding hydrogens is 571 g/mol. The van der Waals surface area contributed by atoms with Gasteiger partial charge in [0.15, 0.2) is 0 Å². The smallest absolute Gasteiger partial charge is 0.416 e. The zero-order chi connectivity index (χ0) is 31.1. The van der Waals surface area contributed by atoms with Gasteiger partial charge in [0.1, 0.15) is 0 Å². The molecule has 1 aliphatic heterocycles. The Bertz CT molecular complexity index is 1250. The summed E-state index contributed by atoms with van der Waals surface area (Å²) in [5.74, 6) is -3.13. The molecule has 0 saturated carbocycles. The van der Waals surface area contributed by atoms with E-state index in [0.29, 0.717) is 12.1 Å². The average Bonchev–Trinajstić information content (AvgIpc) is 2.81. The maximum absolute atomic E-state index is 13.7. The molecule has 1 heterocycles. The summed E-state index contributed by atoms with van der Waals surface area (Å²) in [5.41, 5.74) is -5.01. The van der Waals surface area contributed by atoms with E-state index in [1.807, 2.05) is 0 Å². The third kappa shape index (κ3) is 7.45. The minimum atomic E-state index is -5.17. The van der Waals surface area contributed by atoms with Gasteiger partial charge >= 0.3 is 24.6 Å². The molecule has 0 aromatic heterocycles. The van der Waals surface area contributed by atoms with Crippen LogP contribution in [0.4, 0.5) is 50.0 Å². The van der Waals surface area contributed by atoms with Crippen molar-refractivity contribution in [3.05, 3.63) is 64.2 Å². The number of carbonyl (C=O) groups is 2. The van der Waals surface area contributed by atoms with Crippen LogP contribution in [0, 0.1) is 0 Å². The molecule has 0 bridgehead atoms. The van der Waals surface area contributed by atoms with Crippen LogP contribution < -0.4 is 10.2 Å². The fraction of sp³-hybridized carbons (Fsp3) is 0.481. The van der Waals surface area contributed by atoms with E-state index >= 15 is 0 Å². The lowest BCUT2D eigenvalue weighted by Gasteiger charge is -2.42. The third-order valence-corrected chi connectivity index (χ3v) is 6.68. The second kappa shape index (κ2) is 11.4. The van der Waals surface area contributed by atoms with Crippen molar-refractivity contribution in [2.45, 2.75) is 76.6 Å². The first kappa shape index (κ1) is 32.1. The van der Waals surface area contributed by atoms with Crippen LogP contribution in [0.25, 0.3) is 0 Å². The lowest BCUT2D eigenvalue weighted by atomic mass is 9.74. The monoisotopic (exact) mass is 598 g/mol. The van der Waals surface area contributed by atoms with Crippen LogP contribution in [0.1, 0.15) is 73.8 Å². The normalized spacial score (nSPS) is 18.6. The van der Waals surface area contributed by atoms with Crippen LogP contribution in [-0.2, 0) is 28.1 Å². The Morgan fingerprint density at radius 2 is 1.44 bits per heavy atom. The summed E-state index contributed by atoms with van der Waals surface area (Å²) in [6.07, 6.45) is -16.8. The molecule has 41 heavy (non-hydrogen) atoms. The van der Waals surface area contributed by atoms with Crippen molar-refractivity contribution < 1.29 is 53.8 Å². The second-order valence-electron chi connectivity index (χ2n) is 10.1. The maximum Gasteiger partial charge on any atom is 0.416 e. The van der Waals surface area contributed by atoms with Crippen molar-refractivity contribution in [2.75, 3.05) is 11.4 Å². The number of alkyl halides is 9. The molecule has 1 N–H and O–H groups in total. The molecule has 1 aliphatic rings. The number of carbonyl (C=O) groups excluding carboxylic acids is 2. The van der Waals surface area contributed by atoms with Crippen LogP contribution in [-0.4, -0.2) is 30.7 Å². The number of benzene rings is 2. The number of anilines is 1. The number of fused-ring (bicyclic) bond motifs is 1. The highest BCUT2D eigenvalue weighted by atomic mass is 19.4. The predicted octanol–water partition coefficient (Wildman–Crippen LogP) is 7.89. The van der Waals surface area contributed by atoms with Crippen molar-refractivity contribution in [3.63, 3.8) is 0 Å². The molecule has 3 rings (SSSR count). The molecule has 0 saturated heterocycles. The van der Waals surface area contributed by atoms with E-state index in [9.17, 15) is 49.1 Å². The number of halogens is 9. The number of hydrogen-bond donors (Lipinski definition) is 1. The van der Waals surface area contributed by atoms with Crippen LogP contribution >= 0.6 is 0 Å². The first-order valence-corrected chi connectivity index (χ1v) is 12.4. The number of ether oxygens (including phenoxy) is 1. The lowest BCUT2D eigenvalue weighted by Crippen LogP contribution is -2.46. The minimum absolute atomic E-state index is 0.0387. The van der Waals surface area contributed by atoms with Crippen LogP contribution in [0.5, 0.6) is 0 Å². The molecule has 5 nitrogen and oxygen atoms in total. The minimum Gasteiger partial charge on any atom is -0.446 e. The van der Waals surface area contributed by atoms with Gasteiger partial charge in [-0.25, -0.2) is 4.79 Å². The van der Waals surface area contributed by atoms with E-state index < -0.39 is 83.3 Å². The Labute approximate surface area is 229 Å². The average molecular weight is 599 g/mol. The van der Waals surface area contributed by atoms with Gasteiger partial charge in [-0.05, 0) is 80.6 Å². The van der Waals surface area contributed by atoms with Gasteiger partial charge in [0.05, 0.1) is 28.5 Å². The van der Waals surface area contributed by atoms with Gasteiger partial charge in [-0.15, -0.1) is 0 Å². The molecule has 0 aliphatic carbocycles. The Morgan fingerprint density at radius 3 is 1.90 bits per heavy atom. The summed E-state index contributed by atoms with van der Waals surface area (Å²) in [4.78, 5) is 25.8. The fourth-order valence-electron chi connectivity index (χ4n) is 4.94. The van der Waals surface area contributed by atoms with Gasteiger partial charge in [0, 0.05) is 25.4 Å². The molecule has 2 aromatic carbocycles. The maximum atomic E-state index is 13.7. The predicted molar refractivity (Wildman–Crippen MR) is 130 cm³/mol. The van der Waals surface area contributed by atoms with E-state index in [-0.39, 0.29) is 23.7 Å². The number of rotatable bonds is 5. The first-order valence-electron chi connectivity index (χ1n) is 12.4. The van der Waals surface area contributed by atoms with Gasteiger partial charge in [-0.2, -0.15) is 39.5 Å². The molecule has 14 heteroatoms. The number of nitrogens with one attached hydrogen (secondary N) is 1. The zero-order valence-electron chi connectivity index (χ0n) is 22.3. The van der Waals surface area contributed by atoms with E-state index in [1.54, 1.807) is 13.8 Å². The molecule has 3 atom stereocenters. The quantitative estimate of drug-likeness (QED) is 0.356. The highest BCUT2D eigenvalue weighted by Gasteiger charge is 2.43. The molecule has 2 amide bonds. The molecule has 0 spiro atoms. The van der Waals surface area contributed by atoms with Gasteiger partial charge < -0.3 is 10.1 Å². The molecule has 226 valence electrons. The van der Waals surface area contributed by atoms with E-state index in [0.717, 1.165) is 30.0 Å². The summed E-state index contributed by atoms with van der Waals surface area (Å²) >= 11 is 0. The number of hydrogen-bond acceptors (Lipinski definition) is 3. The molecule has 0 radical (unpaired) electrons. The van der Waals surface area contributed by atoms with E-state index in [2.05, 4.69) is 5.32 Å². The second-order valence-corrected chi connectivity index (χ2v) is 10.1. The van der Waals surface area contributed by atoms with E-state index in [1.165, 1.54) is 6.92 Å². The van der Waals surface area contributed by atoms with Gasteiger partial charge in [0.25, 0.3) is 0 Å². The van der Waals surface area contributed by atoms with Crippen molar-refractivity contribution >= 4 is 17.7 Å². The van der Waals surface area contributed by atoms with Crippen LogP contribution in [0.3, 0.4) is 0 Å². The summed E-state index contributed by atoms with van der Waals surface area (Å²) in [6, 6.07) is 2.62. The van der Waals surface area contributed by atoms with E-state index in [4.69, 9.17) is 4.74 Å². The lowest BCUT2D eigenvalue weighted by molar-refractivity contribution is -0.143. The molecule has 2 aromatic rings. The SMILES string of the molecule is CC(=O)NC[C@H](c1cc(C(F)(F)F)cc(C(F)(F)F)c1)[C@H]1C[C@@H](C)N(C(=O)OC(C)C)c2ccc(C(F)(F)F)cc21. The van der Waals surface area contributed by atoms with Gasteiger partial charge in [-0.1, -0.05) is 0 Å². The Balaban J connectivity index is 2.30. The molecular formula is C27H27F9N2O3. The fourth-order valence-corrected chi connectivity index (χ4v) is 4.94. The molecule has 0 fully saturated rings. The van der Waals surface area contributed by atoms with Crippen LogP contribution in [0.15, 0.2) is 36.4 Å². The summed E-state index contributed by atoms with van der Waals surface area (Å²) in [6.45, 7) is 5.22. The summed E-state index contributed by atoms with van der Waals surface area (Å²) in [7, 11) is 0. The molecule has 0 unspecified atom stereocenters. The highest BCUT2D eigenvalue weighted by molar-refractivity contribution is 5.90. The third-order valence-electron chi connectivity index (χ3n) is 6.68. The Kier molecular flexibility index (Phi) is 8.95. The van der Waals surface area contributed by atoms with Crippen LogP contribution in [0.2, 0.25) is 0 Å². The van der Waals surface area contributed by atoms with Crippen molar-refractivity contribution in [1.29, 1.82) is 0 Å². The highest BCUT2D eigenvalue weighted by Crippen LogP contribution is 2.49. The zero-order valence-corrected chi connectivity index (χ0v) is 22.3.